The van der Waals surface area contributed by atoms with E-state index in [0.717, 1.165) is 53.4 Å². The first-order chi connectivity index (χ1) is 59.0. The van der Waals surface area contributed by atoms with Crippen LogP contribution < -0.4 is 34.6 Å². The van der Waals surface area contributed by atoms with Gasteiger partial charge in [0.15, 0.2) is 29.1 Å². The van der Waals surface area contributed by atoms with E-state index in [1.165, 1.54) is 31.0 Å². The Balaban J connectivity index is 0.000000127. The molecule has 2 aromatic carbocycles. The molecule has 0 aliphatic carbocycles. The number of hydrogen-bond donors (Lipinski definition) is 10. The van der Waals surface area contributed by atoms with Crippen molar-refractivity contribution in [3.05, 3.63) is 101 Å². The molecule has 12 amide bonds. The summed E-state index contributed by atoms with van der Waals surface area (Å²) < 4.78 is 123. The van der Waals surface area contributed by atoms with Crippen molar-refractivity contribution in [1.29, 1.82) is 0 Å². The lowest BCUT2D eigenvalue weighted by Crippen LogP contribution is -2.40. The van der Waals surface area contributed by atoms with Crippen LogP contribution in [0.1, 0.15) is 148 Å². The Hall–Kier alpha value is -11.4. The van der Waals surface area contributed by atoms with Crippen molar-refractivity contribution in [1.82, 2.24) is 110 Å². The third-order valence-corrected chi connectivity index (χ3v) is 22.4. The molecule has 0 spiro atoms. The van der Waals surface area contributed by atoms with Gasteiger partial charge in [0.05, 0.1) is 78.7 Å². The summed E-state index contributed by atoms with van der Waals surface area (Å²) in [4.78, 5) is 112. The van der Waals surface area contributed by atoms with Crippen LogP contribution in [-0.2, 0) is 71.2 Å². The van der Waals surface area contributed by atoms with Crippen LogP contribution in [0.2, 0.25) is 0 Å². The summed E-state index contributed by atoms with van der Waals surface area (Å²) in [5, 5.41) is 45.5. The van der Waals surface area contributed by atoms with Crippen molar-refractivity contribution in [2.45, 2.75) is 163 Å². The number of rotatable bonds is 19. The van der Waals surface area contributed by atoms with Crippen LogP contribution in [0, 0.1) is 0 Å². The lowest BCUT2D eigenvalue weighted by atomic mass is 10.0. The van der Waals surface area contributed by atoms with Crippen molar-refractivity contribution in [2.75, 3.05) is 67.9 Å². The number of anilines is 5. The van der Waals surface area contributed by atoms with Crippen LogP contribution in [0.25, 0.3) is 0 Å². The van der Waals surface area contributed by atoms with E-state index in [9.17, 15) is 59.2 Å². The fourth-order valence-electron chi connectivity index (χ4n) is 15.7. The van der Waals surface area contributed by atoms with E-state index in [1.807, 2.05) is 60.7 Å². The molecule has 56 nitrogen and oxygen atoms in total. The number of carbonyl (C=O) groups is 6. The number of halogens is 3. The molecule has 12 bridgehead atoms. The van der Waals surface area contributed by atoms with Gasteiger partial charge in [-0.15, -0.1) is 12.9 Å². The first kappa shape index (κ1) is 90.3. The smallest absolute Gasteiger partial charge is 0.411 e. The van der Waals surface area contributed by atoms with Crippen LogP contribution in [0.3, 0.4) is 0 Å². The summed E-state index contributed by atoms with van der Waals surface area (Å²) in [6, 6.07) is 13.3. The molecule has 12 saturated heterocycles. The maximum atomic E-state index is 12.6. The maximum Gasteiger partial charge on any atom is 0.450 e. The molecule has 16 N–H and O–H groups in total. The highest BCUT2D eigenvalue weighted by atomic mass is 35.6. The number of urea groups is 6. The predicted molar refractivity (Wildman–Crippen MR) is 411 cm³/mol. The second kappa shape index (κ2) is 38.4. The summed E-state index contributed by atoms with van der Waals surface area (Å²) in [5.74, 6) is 6.21. The third-order valence-electron chi connectivity index (χ3n) is 21.1. The zero-order chi connectivity index (χ0) is 88.8. The van der Waals surface area contributed by atoms with E-state index in [1.54, 1.807) is 14.7 Å². The van der Waals surface area contributed by atoms with Gasteiger partial charge in [-0.2, -0.15) is 120 Å². The monoisotopic (exact) mass is 1860 g/mol. The zero-order valence-electron chi connectivity index (χ0n) is 64.3. The van der Waals surface area contributed by atoms with E-state index in [4.69, 9.17) is 91.6 Å². The van der Waals surface area contributed by atoms with Crippen LogP contribution in [0.4, 0.5) is 58.8 Å². The third kappa shape index (κ3) is 21.2. The van der Waals surface area contributed by atoms with Gasteiger partial charge in [0.25, 0.3) is 0 Å². The summed E-state index contributed by atoms with van der Waals surface area (Å²) in [6.45, 7) is 3.23. The Kier molecular flexibility index (Phi) is 28.0. The predicted octanol–water partition coefficient (Wildman–Crippen LogP) is 2.56. The van der Waals surface area contributed by atoms with E-state index >= 15 is 0 Å². The second-order valence-electron chi connectivity index (χ2n) is 28.7. The summed E-state index contributed by atoms with van der Waals surface area (Å²) in [7, 11) is -14.0. The number of nitrogens with zero attached hydrogens (tertiary/aromatic N) is 23. The van der Waals surface area contributed by atoms with Gasteiger partial charge in [0.2, 0.25) is 0 Å². The quantitative estimate of drug-likeness (QED) is 0.0139. The van der Waals surface area contributed by atoms with Gasteiger partial charge < -0.3 is 85.9 Å². The molecule has 17 heterocycles. The number of carbonyl (C=O) groups excluding carboxylic acids is 6. The van der Waals surface area contributed by atoms with Gasteiger partial charge in [-0.3, -0.25) is 24.0 Å². The van der Waals surface area contributed by atoms with Crippen molar-refractivity contribution in [2.24, 2.45) is 11.1 Å². The van der Waals surface area contributed by atoms with Gasteiger partial charge in [0, 0.05) is 39.3 Å². The maximum absolute atomic E-state index is 12.6. The molecule has 63 heteroatoms. The summed E-state index contributed by atoms with van der Waals surface area (Å²) in [5.41, 5.74) is 28.9. The van der Waals surface area contributed by atoms with Gasteiger partial charge in [-0.25, -0.2) is 33.8 Å². The Bertz CT molecular complexity index is 5200. The molecule has 19 rings (SSSR count). The SMILES string of the molecule is ClB(Cl)Cl.NOS(=O)(=O)ON1C(=O)N2C[C@H]1CC[C@H]2c1noc(N)n1.Nc1nc([C@@H]2CC[C@@H]3CN2C(=O)N3O)no1.Nc1nc([C@@H]2CC[C@@H]3CN2C(=O)N3OCc2ccccc2)no1.Nc1nc([C@@H]2CC[C@@H]3CN2C(=O)N3OS(=O)(=O)O)no1.Nc1nc([C@@H]2CC[C@@H]3CN2C(=O)N3OS(=O)(=O)O)no1.O=C1N2C[C@@H](CC[C@H]2/C=N/O)N1OCc1ccccc1. The zero-order valence-corrected chi connectivity index (χ0v) is 69.0. The molecule has 124 heavy (non-hydrogen) atoms. The largest absolute Gasteiger partial charge is 0.450 e. The van der Waals surface area contributed by atoms with Crippen molar-refractivity contribution in [3.8, 4) is 0 Å². The van der Waals surface area contributed by atoms with Crippen LogP contribution in [0.5, 0.6) is 0 Å². The van der Waals surface area contributed by atoms with Gasteiger partial charge in [-0.1, -0.05) is 91.6 Å². The van der Waals surface area contributed by atoms with Crippen molar-refractivity contribution < 1.29 is 123 Å². The number of benzene rings is 2. The van der Waals surface area contributed by atoms with E-state index in [-0.39, 0.29) is 115 Å². The molecule has 12 aliphatic rings. The number of fused-ring (bicyclic) bond motifs is 12. The minimum absolute atomic E-state index is 0.00961. The molecule has 12 aliphatic heterocycles. The molecule has 5 aromatic heterocycles. The Morgan fingerprint density at radius 1 is 0.411 bits per heavy atom. The average molecular weight is 1860 g/mol. The van der Waals surface area contributed by atoms with Crippen LogP contribution in [0.15, 0.2) is 88.4 Å². The van der Waals surface area contributed by atoms with Crippen molar-refractivity contribution in [3.63, 3.8) is 0 Å². The normalized spacial score (nSPS) is 25.3. The first-order valence-corrected chi connectivity index (χ1v) is 42.7. The molecular weight excluding hydrogens is 1780 g/mol. The lowest BCUT2D eigenvalue weighted by molar-refractivity contribution is -0.140. The number of nitrogen functional groups attached to an aromatic ring is 5. The van der Waals surface area contributed by atoms with Crippen LogP contribution >= 0.6 is 34.4 Å². The lowest BCUT2D eigenvalue weighted by Gasteiger charge is -2.27. The summed E-state index contributed by atoms with van der Waals surface area (Å²) in [6.07, 6.45) is 9.02. The van der Waals surface area contributed by atoms with Gasteiger partial charge in [-0.05, 0) is 88.2 Å². The Labute approximate surface area is 715 Å². The molecule has 0 unspecified atom stereocenters. The molecule has 12 atom stereocenters. The molecule has 12 fully saturated rings. The first-order valence-electron chi connectivity index (χ1n) is 37.4. The Morgan fingerprint density at radius 3 is 0.976 bits per heavy atom. The molecule has 672 valence electrons. The fraction of sp³-hybridized carbons (Fsp3) is 0.525. The number of hydroxylamine groups is 12. The Morgan fingerprint density at radius 2 is 0.677 bits per heavy atom. The highest BCUT2D eigenvalue weighted by molar-refractivity contribution is 7.81. The minimum Gasteiger partial charge on any atom is -0.411 e. The highest BCUT2D eigenvalue weighted by Crippen LogP contribution is 2.43. The summed E-state index contributed by atoms with van der Waals surface area (Å²) >= 11 is 14.4. The topological polar surface area (TPSA) is 743 Å². The molecule has 0 radical (unpaired) electrons. The number of piperidine rings is 6. The molecular formula is C61H79BCl3N29O27S3. The average Bonchev–Trinajstić information content (AvgIpc) is 1.65. The van der Waals surface area contributed by atoms with Crippen LogP contribution in [-0.4, -0.2) is 284 Å². The van der Waals surface area contributed by atoms with Crippen molar-refractivity contribution >= 4 is 143 Å². The molecule has 7 aromatic rings. The van der Waals surface area contributed by atoms with E-state index in [2.05, 4.69) is 97.0 Å². The van der Waals surface area contributed by atoms with Gasteiger partial charge in [0.1, 0.15) is 13.2 Å². The molecule has 0 saturated carbocycles. The number of oxime groups is 1. The minimum atomic E-state index is -4.75. The standard InChI is InChI=1S/C15H17N5O3.C14H17N3O3.C8H12N6O6S.2C8H11N5O6S.C8H11N5O3.BCl3/c16-14-17-13(18-23-14)12-7-6-11-8-19(12)15(21)20(11)22-9-10-4-2-1-3-5-10;18-14-16-9-13(7-6-12(16)8-15-19)17(14)20-10-11-4-2-1-3-5-11;9-7-11-6(12-18-7)5-2-1-4-3-13(5)8(15)14(4)20-21(16,17)19-10;2*9-7-10-6(11-18-7)5-2-1-4-3-12(5)8(14)13(4)19-20(15,16)17;9-7-10-6(11-16-7)5-2-1-4-3-12(5)8(14)13(4)15;2-1(3)4/h1-5,11-12H,6-9H2,(H2,16,17,18);1-5,8,12-13,19H,6-7,9-10H2;4-5H,1-3,10H2,(H2,9,11,12);2*4-5H,1-3H2,(H2,9,10,11)(H,15,16,17);4-5,15H,1-3H2,(H2,9,10,11);/b;15-8+;;;;;/t11-,12+;12-,13+;4*4-,5+;/m101111./s1. The number of hydrogen-bond acceptors (Lipinski definition) is 42. The second-order valence-corrected chi connectivity index (χ2v) is 33.8. The highest BCUT2D eigenvalue weighted by Gasteiger charge is 2.54. The number of aromatic nitrogens is 10. The van der Waals surface area contributed by atoms with E-state index < -0.39 is 96.5 Å². The fourth-order valence-corrected chi connectivity index (χ4v) is 16.9. The number of nitrogens with two attached hydrogens (primary N) is 6. The van der Waals surface area contributed by atoms with E-state index in [0.29, 0.717) is 99.6 Å². The van der Waals surface area contributed by atoms with Gasteiger partial charge >= 0.3 is 102 Å². The number of amides is 12.